The van der Waals surface area contributed by atoms with Gasteiger partial charge in [-0.3, -0.25) is 4.79 Å². The van der Waals surface area contributed by atoms with Crippen LogP contribution in [-0.2, 0) is 11.2 Å². The molecule has 17 heavy (non-hydrogen) atoms. The van der Waals surface area contributed by atoms with Gasteiger partial charge in [0, 0.05) is 19.1 Å². The molecule has 0 radical (unpaired) electrons. The van der Waals surface area contributed by atoms with E-state index in [1.165, 1.54) is 0 Å². The second-order valence-electron chi connectivity index (χ2n) is 4.34. The molecule has 2 N–H and O–H groups in total. The van der Waals surface area contributed by atoms with Crippen molar-refractivity contribution in [2.75, 3.05) is 6.61 Å². The minimum absolute atomic E-state index is 0.0280. The molecular formula is C13H17NO3. The van der Waals surface area contributed by atoms with E-state index >= 15 is 0 Å². The van der Waals surface area contributed by atoms with Crippen molar-refractivity contribution in [2.24, 2.45) is 0 Å². The molecule has 0 spiro atoms. The number of amides is 1. The van der Waals surface area contributed by atoms with Crippen LogP contribution in [0.2, 0.25) is 0 Å². The van der Waals surface area contributed by atoms with Gasteiger partial charge in [-0.15, -0.1) is 0 Å². The molecule has 1 unspecified atom stereocenters. The monoisotopic (exact) mass is 235 g/mol. The average molecular weight is 235 g/mol. The Morgan fingerprint density at radius 1 is 1.59 bits per heavy atom. The highest BCUT2D eigenvalue weighted by Crippen LogP contribution is 2.28. The predicted molar refractivity (Wildman–Crippen MR) is 63.9 cm³/mol. The van der Waals surface area contributed by atoms with Crippen LogP contribution < -0.4 is 10.1 Å². The number of aliphatic hydroxyl groups excluding tert-OH is 1. The molecule has 1 aromatic rings. The molecule has 0 saturated heterocycles. The quantitative estimate of drug-likeness (QED) is 0.814. The molecule has 4 nitrogen and oxygen atoms in total. The first-order valence-corrected chi connectivity index (χ1v) is 5.86. The summed E-state index contributed by atoms with van der Waals surface area (Å²) in [7, 11) is 0. The Morgan fingerprint density at radius 3 is 3.06 bits per heavy atom. The molecule has 4 heteroatoms. The van der Waals surface area contributed by atoms with Crippen LogP contribution in [0.5, 0.6) is 5.75 Å². The van der Waals surface area contributed by atoms with Crippen LogP contribution in [0.3, 0.4) is 0 Å². The lowest BCUT2D eigenvalue weighted by atomic mass is 10.1. The maximum Gasteiger partial charge on any atom is 0.261 e. The van der Waals surface area contributed by atoms with Crippen molar-refractivity contribution in [3.05, 3.63) is 29.8 Å². The molecule has 92 valence electrons. The van der Waals surface area contributed by atoms with Crippen molar-refractivity contribution in [3.63, 3.8) is 0 Å². The van der Waals surface area contributed by atoms with Gasteiger partial charge in [-0.25, -0.2) is 0 Å². The van der Waals surface area contributed by atoms with Crippen molar-refractivity contribution < 1.29 is 14.6 Å². The minimum Gasteiger partial charge on any atom is -0.480 e. The molecule has 0 aliphatic carbocycles. The zero-order valence-corrected chi connectivity index (χ0v) is 9.85. The van der Waals surface area contributed by atoms with Gasteiger partial charge < -0.3 is 15.2 Å². The Balaban J connectivity index is 1.92. The first-order valence-electron chi connectivity index (χ1n) is 5.86. The predicted octanol–water partition coefficient (Wildman–Crippen LogP) is 0.877. The largest absolute Gasteiger partial charge is 0.480 e. The fourth-order valence-corrected chi connectivity index (χ4v) is 1.93. The summed E-state index contributed by atoms with van der Waals surface area (Å²) in [6.07, 6.45) is 0.743. The molecule has 0 saturated carbocycles. The van der Waals surface area contributed by atoms with Crippen molar-refractivity contribution in [1.29, 1.82) is 0 Å². The molecule has 1 heterocycles. The molecule has 0 aromatic heterocycles. The van der Waals surface area contributed by atoms with Gasteiger partial charge in [0.1, 0.15) is 5.75 Å². The fraction of sp³-hybridized carbons (Fsp3) is 0.462. The number of fused-ring (bicyclic) bond motifs is 1. The standard InChI is InChI=1S/C13H17NO3/c1-9(6-7-15)14-13(16)12-8-10-4-2-3-5-11(10)17-12/h2-5,9,12,15H,6-8H2,1H3,(H,14,16)/t9-,12?/m1/s1. The second-order valence-corrected chi connectivity index (χ2v) is 4.34. The van der Waals surface area contributed by atoms with Gasteiger partial charge in [0.2, 0.25) is 0 Å². The summed E-state index contributed by atoms with van der Waals surface area (Å²) in [5.74, 6) is 0.685. The van der Waals surface area contributed by atoms with Crippen molar-refractivity contribution >= 4 is 5.91 Å². The first kappa shape index (κ1) is 11.9. The number of nitrogens with one attached hydrogen (secondary N) is 1. The third-order valence-corrected chi connectivity index (χ3v) is 2.89. The highest BCUT2D eigenvalue weighted by atomic mass is 16.5. The summed E-state index contributed by atoms with van der Waals surface area (Å²) in [6.45, 7) is 1.95. The molecular weight excluding hydrogens is 218 g/mol. The number of carbonyl (C=O) groups excluding carboxylic acids is 1. The molecule has 2 rings (SSSR count). The minimum atomic E-state index is -0.437. The van der Waals surface area contributed by atoms with E-state index in [0.29, 0.717) is 12.8 Å². The Labute approximate surface area is 101 Å². The van der Waals surface area contributed by atoms with Gasteiger partial charge in [-0.2, -0.15) is 0 Å². The highest BCUT2D eigenvalue weighted by Gasteiger charge is 2.29. The van der Waals surface area contributed by atoms with Gasteiger partial charge >= 0.3 is 0 Å². The van der Waals surface area contributed by atoms with Crippen LogP contribution in [0.4, 0.5) is 0 Å². The van der Waals surface area contributed by atoms with E-state index in [2.05, 4.69) is 5.32 Å². The van der Waals surface area contributed by atoms with Gasteiger partial charge in [-0.1, -0.05) is 18.2 Å². The fourth-order valence-electron chi connectivity index (χ4n) is 1.93. The third-order valence-electron chi connectivity index (χ3n) is 2.89. The van der Waals surface area contributed by atoms with Crippen molar-refractivity contribution in [1.82, 2.24) is 5.32 Å². The number of ether oxygens (including phenoxy) is 1. The van der Waals surface area contributed by atoms with Crippen LogP contribution in [0.25, 0.3) is 0 Å². The van der Waals surface area contributed by atoms with Gasteiger partial charge in [-0.05, 0) is 25.0 Å². The van der Waals surface area contributed by atoms with Crippen LogP contribution in [-0.4, -0.2) is 29.8 Å². The maximum absolute atomic E-state index is 11.9. The molecule has 1 aromatic carbocycles. The molecule has 1 amide bonds. The number of hydrogen-bond acceptors (Lipinski definition) is 3. The maximum atomic E-state index is 11.9. The summed E-state index contributed by atoms with van der Waals surface area (Å²) in [6, 6.07) is 7.66. The van der Waals surface area contributed by atoms with Crippen molar-refractivity contribution in [2.45, 2.75) is 31.9 Å². The summed E-state index contributed by atoms with van der Waals surface area (Å²) in [4.78, 5) is 11.9. The first-order chi connectivity index (χ1) is 8.20. The second kappa shape index (κ2) is 5.19. The number of carbonyl (C=O) groups is 1. The van der Waals surface area contributed by atoms with Crippen LogP contribution in [0.1, 0.15) is 18.9 Å². The van der Waals surface area contributed by atoms with E-state index in [1.54, 1.807) is 0 Å². The van der Waals surface area contributed by atoms with Crippen molar-refractivity contribution in [3.8, 4) is 5.75 Å². The topological polar surface area (TPSA) is 58.6 Å². The smallest absolute Gasteiger partial charge is 0.261 e. The van der Waals surface area contributed by atoms with E-state index < -0.39 is 6.10 Å². The lowest BCUT2D eigenvalue weighted by Gasteiger charge is -2.16. The van der Waals surface area contributed by atoms with Crippen LogP contribution in [0.15, 0.2) is 24.3 Å². The number of aliphatic hydroxyl groups is 1. The number of hydrogen-bond donors (Lipinski definition) is 2. The highest BCUT2D eigenvalue weighted by molar-refractivity contribution is 5.82. The lowest BCUT2D eigenvalue weighted by molar-refractivity contribution is -0.127. The van der Waals surface area contributed by atoms with Crippen LogP contribution in [0, 0.1) is 0 Å². The zero-order valence-electron chi connectivity index (χ0n) is 9.85. The summed E-state index contributed by atoms with van der Waals surface area (Å²) in [5.41, 5.74) is 1.07. The Bertz CT molecular complexity index is 380. The Kier molecular flexibility index (Phi) is 3.64. The Hall–Kier alpha value is -1.55. The van der Waals surface area contributed by atoms with E-state index in [0.717, 1.165) is 11.3 Å². The van der Waals surface area contributed by atoms with Gasteiger partial charge in [0.05, 0.1) is 0 Å². The molecule has 1 aliphatic rings. The van der Waals surface area contributed by atoms with E-state index in [9.17, 15) is 4.79 Å². The summed E-state index contributed by atoms with van der Waals surface area (Å²) < 4.78 is 5.57. The summed E-state index contributed by atoms with van der Waals surface area (Å²) in [5, 5.41) is 11.6. The third kappa shape index (κ3) is 2.77. The van der Waals surface area contributed by atoms with Crippen LogP contribution >= 0.6 is 0 Å². The van der Waals surface area contributed by atoms with Gasteiger partial charge in [0.15, 0.2) is 6.10 Å². The normalized spacial score (nSPS) is 19.3. The average Bonchev–Trinajstić information content (AvgIpc) is 2.72. The lowest BCUT2D eigenvalue weighted by Crippen LogP contribution is -2.42. The van der Waals surface area contributed by atoms with E-state index in [1.807, 2.05) is 31.2 Å². The number of benzene rings is 1. The zero-order chi connectivity index (χ0) is 12.3. The Morgan fingerprint density at radius 2 is 2.35 bits per heavy atom. The molecule has 2 atom stereocenters. The van der Waals surface area contributed by atoms with Gasteiger partial charge in [0.25, 0.3) is 5.91 Å². The molecule has 0 bridgehead atoms. The number of para-hydroxylation sites is 1. The summed E-state index contributed by atoms with van der Waals surface area (Å²) >= 11 is 0. The molecule has 1 aliphatic heterocycles. The molecule has 0 fully saturated rings. The SMILES string of the molecule is C[C@H](CCO)NC(=O)C1Cc2ccccc2O1. The number of rotatable bonds is 4. The van der Waals surface area contributed by atoms with E-state index in [-0.39, 0.29) is 18.6 Å². The van der Waals surface area contributed by atoms with E-state index in [4.69, 9.17) is 9.84 Å².